The van der Waals surface area contributed by atoms with Crippen LogP contribution in [-0.2, 0) is 16.0 Å². The zero-order chi connectivity index (χ0) is 19.2. The van der Waals surface area contributed by atoms with Crippen molar-refractivity contribution >= 4 is 23.4 Å². The van der Waals surface area contributed by atoms with Crippen molar-refractivity contribution in [2.45, 2.75) is 32.2 Å². The molecule has 142 valence electrons. The Morgan fingerprint density at radius 2 is 1.81 bits per heavy atom. The van der Waals surface area contributed by atoms with Gasteiger partial charge in [-0.3, -0.25) is 14.4 Å². The number of rotatable bonds is 6. The van der Waals surface area contributed by atoms with E-state index in [2.05, 4.69) is 10.6 Å². The Hall–Kier alpha value is -3.09. The Morgan fingerprint density at radius 1 is 1.11 bits per heavy atom. The van der Waals surface area contributed by atoms with Gasteiger partial charge in [-0.05, 0) is 43.5 Å². The summed E-state index contributed by atoms with van der Waals surface area (Å²) in [5.74, 6) is -0.560. The van der Waals surface area contributed by atoms with Crippen molar-refractivity contribution in [1.82, 2.24) is 10.2 Å². The van der Waals surface area contributed by atoms with Crippen LogP contribution >= 0.6 is 0 Å². The van der Waals surface area contributed by atoms with E-state index in [1.807, 2.05) is 17.0 Å². The molecule has 0 unspecified atom stereocenters. The van der Waals surface area contributed by atoms with Gasteiger partial charge in [-0.1, -0.05) is 12.1 Å². The predicted octanol–water partition coefficient (Wildman–Crippen LogP) is 2.20. The van der Waals surface area contributed by atoms with E-state index in [0.29, 0.717) is 17.7 Å². The summed E-state index contributed by atoms with van der Waals surface area (Å²) >= 11 is 0. The highest BCUT2D eigenvalue weighted by molar-refractivity contribution is 6.00. The molecule has 1 aliphatic heterocycles. The molecule has 27 heavy (non-hydrogen) atoms. The van der Waals surface area contributed by atoms with Crippen molar-refractivity contribution < 1.29 is 18.8 Å². The molecule has 3 amide bonds. The Kier molecular flexibility index (Phi) is 5.90. The third-order valence-corrected chi connectivity index (χ3v) is 4.56. The van der Waals surface area contributed by atoms with Gasteiger partial charge in [0, 0.05) is 18.8 Å². The maximum Gasteiger partial charge on any atom is 0.255 e. The Balaban J connectivity index is 1.50. The standard InChI is InChI=1S/C20H23N3O4/c1-14(21-20(26)16-8-11-27-13-16)19(25)22-17-6-4-15(5-7-17)12-18(24)23-9-2-3-10-23/h4-8,11,13-14H,2-3,9-10,12H2,1H3,(H,21,26)(H,22,25)/t14-/m1/s1. The average molecular weight is 369 g/mol. The second-order valence-electron chi connectivity index (χ2n) is 6.66. The number of hydrogen-bond donors (Lipinski definition) is 2. The molecule has 3 rings (SSSR count). The zero-order valence-corrected chi connectivity index (χ0v) is 15.2. The lowest BCUT2D eigenvalue weighted by Gasteiger charge is -2.16. The number of nitrogens with zero attached hydrogens (tertiary/aromatic N) is 1. The van der Waals surface area contributed by atoms with Gasteiger partial charge in [-0.15, -0.1) is 0 Å². The van der Waals surface area contributed by atoms with Crippen molar-refractivity contribution in [3.05, 3.63) is 54.0 Å². The van der Waals surface area contributed by atoms with Crippen molar-refractivity contribution in [3.8, 4) is 0 Å². The van der Waals surface area contributed by atoms with E-state index in [9.17, 15) is 14.4 Å². The first-order valence-electron chi connectivity index (χ1n) is 9.03. The van der Waals surface area contributed by atoms with Crippen LogP contribution in [0.2, 0.25) is 0 Å². The molecule has 1 aromatic heterocycles. The number of likely N-dealkylation sites (tertiary alicyclic amines) is 1. The number of amides is 3. The Bertz CT molecular complexity index is 793. The van der Waals surface area contributed by atoms with E-state index in [1.54, 1.807) is 19.1 Å². The lowest BCUT2D eigenvalue weighted by Crippen LogP contribution is -2.41. The van der Waals surface area contributed by atoms with Gasteiger partial charge in [-0.25, -0.2) is 0 Å². The van der Waals surface area contributed by atoms with Gasteiger partial charge >= 0.3 is 0 Å². The smallest absolute Gasteiger partial charge is 0.255 e. The fraction of sp³-hybridized carbons (Fsp3) is 0.350. The van der Waals surface area contributed by atoms with Crippen LogP contribution in [-0.4, -0.2) is 41.8 Å². The molecule has 1 saturated heterocycles. The molecular formula is C20H23N3O4. The lowest BCUT2D eigenvalue weighted by molar-refractivity contribution is -0.129. The minimum absolute atomic E-state index is 0.139. The monoisotopic (exact) mass is 369 g/mol. The molecule has 0 aliphatic carbocycles. The van der Waals surface area contributed by atoms with Crippen molar-refractivity contribution in [2.24, 2.45) is 0 Å². The summed E-state index contributed by atoms with van der Waals surface area (Å²) in [4.78, 5) is 38.3. The Labute approximate surface area is 157 Å². The first-order valence-corrected chi connectivity index (χ1v) is 9.03. The summed E-state index contributed by atoms with van der Waals surface area (Å²) < 4.78 is 4.86. The zero-order valence-electron chi connectivity index (χ0n) is 15.2. The highest BCUT2D eigenvalue weighted by Crippen LogP contribution is 2.14. The van der Waals surface area contributed by atoms with Gasteiger partial charge < -0.3 is 20.0 Å². The molecule has 2 heterocycles. The third kappa shape index (κ3) is 4.97. The van der Waals surface area contributed by atoms with Crippen LogP contribution in [0.25, 0.3) is 0 Å². The molecule has 1 aromatic carbocycles. The molecule has 7 heteroatoms. The summed E-state index contributed by atoms with van der Waals surface area (Å²) in [5.41, 5.74) is 1.88. The third-order valence-electron chi connectivity index (χ3n) is 4.56. The quantitative estimate of drug-likeness (QED) is 0.817. The van der Waals surface area contributed by atoms with E-state index in [1.165, 1.54) is 18.6 Å². The lowest BCUT2D eigenvalue weighted by atomic mass is 10.1. The number of hydrogen-bond acceptors (Lipinski definition) is 4. The van der Waals surface area contributed by atoms with Crippen LogP contribution in [0.4, 0.5) is 5.69 Å². The van der Waals surface area contributed by atoms with E-state index >= 15 is 0 Å². The number of carbonyl (C=O) groups excluding carboxylic acids is 3. The Morgan fingerprint density at radius 3 is 2.44 bits per heavy atom. The molecule has 1 atom stereocenters. The van der Waals surface area contributed by atoms with Gasteiger partial charge in [0.2, 0.25) is 11.8 Å². The van der Waals surface area contributed by atoms with E-state index in [0.717, 1.165) is 31.5 Å². The molecule has 2 aromatic rings. The largest absolute Gasteiger partial charge is 0.472 e. The highest BCUT2D eigenvalue weighted by Gasteiger charge is 2.19. The summed E-state index contributed by atoms with van der Waals surface area (Å²) in [6, 6.07) is 8.01. The molecule has 0 radical (unpaired) electrons. The maximum atomic E-state index is 12.2. The first kappa shape index (κ1) is 18.7. The molecule has 2 N–H and O–H groups in total. The van der Waals surface area contributed by atoms with Crippen LogP contribution < -0.4 is 10.6 Å². The number of benzene rings is 1. The molecular weight excluding hydrogens is 346 g/mol. The molecule has 1 fully saturated rings. The van der Waals surface area contributed by atoms with E-state index in [4.69, 9.17) is 4.42 Å². The average Bonchev–Trinajstić information content (AvgIpc) is 3.37. The van der Waals surface area contributed by atoms with Gasteiger partial charge in [0.1, 0.15) is 12.3 Å². The summed E-state index contributed by atoms with van der Waals surface area (Å²) in [6.07, 6.45) is 5.24. The van der Waals surface area contributed by atoms with Crippen molar-refractivity contribution in [3.63, 3.8) is 0 Å². The van der Waals surface area contributed by atoms with Crippen LogP contribution in [0, 0.1) is 0 Å². The van der Waals surface area contributed by atoms with Gasteiger partial charge in [0.15, 0.2) is 0 Å². The summed E-state index contributed by atoms with van der Waals surface area (Å²) in [7, 11) is 0. The minimum Gasteiger partial charge on any atom is -0.472 e. The van der Waals surface area contributed by atoms with Crippen LogP contribution in [0.1, 0.15) is 35.7 Å². The highest BCUT2D eigenvalue weighted by atomic mass is 16.3. The second kappa shape index (κ2) is 8.53. The van der Waals surface area contributed by atoms with Crippen LogP contribution in [0.15, 0.2) is 47.3 Å². The number of carbonyl (C=O) groups is 3. The molecule has 0 spiro atoms. The van der Waals surface area contributed by atoms with Gasteiger partial charge in [-0.2, -0.15) is 0 Å². The topological polar surface area (TPSA) is 91.6 Å². The second-order valence-corrected chi connectivity index (χ2v) is 6.66. The molecule has 1 aliphatic rings. The molecule has 0 saturated carbocycles. The van der Waals surface area contributed by atoms with Crippen molar-refractivity contribution in [1.29, 1.82) is 0 Å². The summed E-state index contributed by atoms with van der Waals surface area (Å²) in [6.45, 7) is 3.29. The number of furan rings is 1. The van der Waals surface area contributed by atoms with E-state index < -0.39 is 6.04 Å². The summed E-state index contributed by atoms with van der Waals surface area (Å²) in [5, 5.41) is 5.37. The van der Waals surface area contributed by atoms with Crippen LogP contribution in [0.3, 0.4) is 0 Å². The molecule has 0 bridgehead atoms. The predicted molar refractivity (Wildman–Crippen MR) is 100 cm³/mol. The van der Waals surface area contributed by atoms with E-state index in [-0.39, 0.29) is 17.7 Å². The SMILES string of the molecule is C[C@@H](NC(=O)c1ccoc1)C(=O)Nc1ccc(CC(=O)N2CCCC2)cc1. The maximum absolute atomic E-state index is 12.2. The van der Waals surface area contributed by atoms with Crippen LogP contribution in [0.5, 0.6) is 0 Å². The normalized spacial score (nSPS) is 14.6. The van der Waals surface area contributed by atoms with Gasteiger partial charge in [0.05, 0.1) is 18.2 Å². The first-order chi connectivity index (χ1) is 13.0. The number of nitrogens with one attached hydrogen (secondary N) is 2. The number of anilines is 1. The molecule has 7 nitrogen and oxygen atoms in total. The minimum atomic E-state index is -0.705. The van der Waals surface area contributed by atoms with Gasteiger partial charge in [0.25, 0.3) is 5.91 Å². The fourth-order valence-corrected chi connectivity index (χ4v) is 2.95. The fourth-order valence-electron chi connectivity index (χ4n) is 2.95. The van der Waals surface area contributed by atoms with Crippen molar-refractivity contribution in [2.75, 3.05) is 18.4 Å².